The number of piperidine rings is 1. The summed E-state index contributed by atoms with van der Waals surface area (Å²) >= 11 is 0. The molecule has 8 nitrogen and oxygen atoms in total. The molecule has 0 unspecified atom stereocenters. The molecule has 0 bridgehead atoms. The highest BCUT2D eigenvalue weighted by Crippen LogP contribution is 2.32. The van der Waals surface area contributed by atoms with Crippen LogP contribution in [0.1, 0.15) is 63.3 Å². The van der Waals surface area contributed by atoms with Gasteiger partial charge in [0.25, 0.3) is 0 Å². The lowest BCUT2D eigenvalue weighted by atomic mass is 9.85. The van der Waals surface area contributed by atoms with Gasteiger partial charge in [-0.3, -0.25) is 9.69 Å². The van der Waals surface area contributed by atoms with Crippen molar-refractivity contribution in [2.75, 3.05) is 39.3 Å². The molecule has 0 radical (unpaired) electrons. The highest BCUT2D eigenvalue weighted by atomic mass is 32.2. The lowest BCUT2D eigenvalue weighted by Crippen LogP contribution is -2.54. The van der Waals surface area contributed by atoms with E-state index in [0.29, 0.717) is 43.4 Å². The monoisotopic (exact) mass is 466 g/mol. The second kappa shape index (κ2) is 9.81. The summed E-state index contributed by atoms with van der Waals surface area (Å²) in [6, 6.07) is 0.711. The van der Waals surface area contributed by atoms with Crippen LogP contribution in [0.25, 0.3) is 0 Å². The van der Waals surface area contributed by atoms with E-state index in [2.05, 4.69) is 10.1 Å². The van der Waals surface area contributed by atoms with Crippen LogP contribution < -0.4 is 0 Å². The van der Waals surface area contributed by atoms with Crippen LogP contribution in [-0.2, 0) is 14.8 Å². The molecule has 4 rings (SSSR count). The number of carbonyl (C=O) groups is 1. The van der Waals surface area contributed by atoms with Crippen molar-refractivity contribution < 1.29 is 17.7 Å². The fraction of sp³-hybridized carbons (Fsp3) is 0.826. The Morgan fingerprint density at radius 1 is 0.969 bits per heavy atom. The molecule has 0 N–H and O–H groups in total. The molecule has 1 aromatic heterocycles. The van der Waals surface area contributed by atoms with E-state index < -0.39 is 10.0 Å². The van der Waals surface area contributed by atoms with Gasteiger partial charge in [0.05, 0.1) is 0 Å². The second-order valence-corrected chi connectivity index (χ2v) is 11.7. The fourth-order valence-electron chi connectivity index (χ4n) is 5.83. The second-order valence-electron chi connectivity index (χ2n) is 9.84. The minimum Gasteiger partial charge on any atom is -0.360 e. The highest BCUT2D eigenvalue weighted by molar-refractivity contribution is 7.89. The molecule has 3 fully saturated rings. The first-order chi connectivity index (χ1) is 15.3. The van der Waals surface area contributed by atoms with E-state index >= 15 is 0 Å². The number of carbonyl (C=O) groups excluding carboxylic acids is 1. The molecular weight excluding hydrogens is 428 g/mol. The van der Waals surface area contributed by atoms with Gasteiger partial charge in [0, 0.05) is 51.2 Å². The van der Waals surface area contributed by atoms with E-state index in [1.165, 1.54) is 36.4 Å². The van der Waals surface area contributed by atoms with Gasteiger partial charge in [-0.05, 0) is 45.4 Å². The molecule has 0 spiro atoms. The number of sulfonamides is 1. The molecule has 2 aliphatic heterocycles. The van der Waals surface area contributed by atoms with Gasteiger partial charge < -0.3 is 9.42 Å². The minimum absolute atomic E-state index is 0.0693. The quantitative estimate of drug-likeness (QED) is 0.663. The molecule has 1 saturated carbocycles. The molecule has 1 atom stereocenters. The first-order valence-corrected chi connectivity index (χ1v) is 13.7. The Bertz CT molecular complexity index is 874. The summed E-state index contributed by atoms with van der Waals surface area (Å²) in [5, 5.41) is 3.80. The Morgan fingerprint density at radius 3 is 2.16 bits per heavy atom. The number of aromatic nitrogens is 1. The predicted molar refractivity (Wildman–Crippen MR) is 122 cm³/mol. The van der Waals surface area contributed by atoms with Crippen LogP contribution in [-0.4, -0.2) is 78.9 Å². The van der Waals surface area contributed by atoms with Gasteiger partial charge in [0.2, 0.25) is 15.9 Å². The van der Waals surface area contributed by atoms with Crippen molar-refractivity contribution in [3.05, 3.63) is 11.5 Å². The molecule has 3 heterocycles. The van der Waals surface area contributed by atoms with Crippen LogP contribution in [0.4, 0.5) is 0 Å². The summed E-state index contributed by atoms with van der Waals surface area (Å²) in [7, 11) is -3.61. The van der Waals surface area contributed by atoms with Crippen molar-refractivity contribution >= 4 is 15.9 Å². The first-order valence-electron chi connectivity index (χ1n) is 12.2. The van der Waals surface area contributed by atoms with Gasteiger partial charge in [-0.2, -0.15) is 4.31 Å². The maximum absolute atomic E-state index is 13.2. The number of hydrogen-bond donors (Lipinski definition) is 0. The lowest BCUT2D eigenvalue weighted by molar-refractivity contribution is -0.139. The maximum Gasteiger partial charge on any atom is 0.248 e. The van der Waals surface area contributed by atoms with E-state index in [0.717, 1.165) is 26.2 Å². The van der Waals surface area contributed by atoms with Crippen molar-refractivity contribution in [2.24, 2.45) is 11.8 Å². The van der Waals surface area contributed by atoms with E-state index in [9.17, 15) is 13.2 Å². The summed E-state index contributed by atoms with van der Waals surface area (Å²) < 4.78 is 32.7. The number of hydrogen-bond acceptors (Lipinski definition) is 6. The minimum atomic E-state index is -3.61. The molecule has 1 aliphatic carbocycles. The van der Waals surface area contributed by atoms with Gasteiger partial charge in [-0.25, -0.2) is 8.42 Å². The third kappa shape index (κ3) is 4.75. The Kier molecular flexibility index (Phi) is 7.27. The van der Waals surface area contributed by atoms with Crippen molar-refractivity contribution in [3.63, 3.8) is 0 Å². The number of amides is 1. The van der Waals surface area contributed by atoms with Crippen LogP contribution in [0, 0.1) is 25.7 Å². The molecule has 32 heavy (non-hydrogen) atoms. The Balaban J connectivity index is 1.29. The molecule has 2 saturated heterocycles. The zero-order valence-electron chi connectivity index (χ0n) is 19.8. The van der Waals surface area contributed by atoms with Gasteiger partial charge in [-0.15, -0.1) is 0 Å². The molecule has 0 aromatic carbocycles. The van der Waals surface area contributed by atoms with Crippen molar-refractivity contribution in [1.82, 2.24) is 19.3 Å². The molecule has 180 valence electrons. The van der Waals surface area contributed by atoms with E-state index in [4.69, 9.17) is 4.52 Å². The number of rotatable bonds is 5. The largest absolute Gasteiger partial charge is 0.360 e. The topological polar surface area (TPSA) is 87.0 Å². The van der Waals surface area contributed by atoms with Crippen LogP contribution in [0.2, 0.25) is 0 Å². The summed E-state index contributed by atoms with van der Waals surface area (Å²) in [5.74, 6) is 0.719. The number of nitrogens with zero attached hydrogens (tertiary/aromatic N) is 4. The Labute approximate surface area is 192 Å². The van der Waals surface area contributed by atoms with Gasteiger partial charge >= 0.3 is 0 Å². The molecule has 1 amide bonds. The normalized spacial score (nSPS) is 24.0. The molecule has 3 aliphatic rings. The van der Waals surface area contributed by atoms with E-state index in [-0.39, 0.29) is 22.6 Å². The third-order valence-corrected chi connectivity index (χ3v) is 10.0. The summed E-state index contributed by atoms with van der Waals surface area (Å²) in [5.41, 5.74) is 0.403. The zero-order chi connectivity index (χ0) is 22.9. The lowest BCUT2D eigenvalue weighted by Gasteiger charge is -2.42. The van der Waals surface area contributed by atoms with Crippen LogP contribution in [0.5, 0.6) is 0 Å². The SMILES string of the molecule is Cc1noc(C)c1S(=O)(=O)N1CCC([C@@H](C)C(=O)N2CCN(C3CCCCC3)CC2)CC1. The number of piperazine rings is 1. The zero-order valence-corrected chi connectivity index (χ0v) is 20.6. The smallest absolute Gasteiger partial charge is 0.248 e. The van der Waals surface area contributed by atoms with Gasteiger partial charge in [0.1, 0.15) is 10.6 Å². The van der Waals surface area contributed by atoms with Crippen molar-refractivity contribution in [1.29, 1.82) is 0 Å². The van der Waals surface area contributed by atoms with Gasteiger partial charge in [0.15, 0.2) is 5.76 Å². The average Bonchev–Trinajstić information content (AvgIpc) is 3.17. The van der Waals surface area contributed by atoms with E-state index in [1.54, 1.807) is 13.8 Å². The summed E-state index contributed by atoms with van der Waals surface area (Å²) in [4.78, 5) is 18.0. The Hall–Kier alpha value is -1.45. The Morgan fingerprint density at radius 2 is 1.59 bits per heavy atom. The molecule has 9 heteroatoms. The maximum atomic E-state index is 13.2. The van der Waals surface area contributed by atoms with Crippen LogP contribution in [0.3, 0.4) is 0 Å². The van der Waals surface area contributed by atoms with Gasteiger partial charge in [-0.1, -0.05) is 31.3 Å². The van der Waals surface area contributed by atoms with Crippen LogP contribution >= 0.6 is 0 Å². The standard InChI is InChI=1S/C23H38N4O4S/c1-17(23(28)26-15-13-25(14-16-26)21-7-5-4-6-8-21)20-9-11-27(12-10-20)32(29,30)22-18(2)24-31-19(22)3/h17,20-21H,4-16H2,1-3H3/t17-/m1/s1. The number of aryl methyl sites for hydroxylation is 2. The van der Waals surface area contributed by atoms with Crippen molar-refractivity contribution in [2.45, 2.75) is 76.7 Å². The van der Waals surface area contributed by atoms with Crippen LogP contribution in [0.15, 0.2) is 9.42 Å². The highest BCUT2D eigenvalue weighted by Gasteiger charge is 2.37. The molecule has 1 aromatic rings. The average molecular weight is 467 g/mol. The van der Waals surface area contributed by atoms with Crippen molar-refractivity contribution in [3.8, 4) is 0 Å². The third-order valence-electron chi connectivity index (χ3n) is 7.88. The predicted octanol–water partition coefficient (Wildman–Crippen LogP) is 2.81. The van der Waals surface area contributed by atoms with E-state index in [1.807, 2.05) is 11.8 Å². The molecular formula is C23H38N4O4S. The first kappa shape index (κ1) is 23.7. The fourth-order valence-corrected chi connectivity index (χ4v) is 7.59. The summed E-state index contributed by atoms with van der Waals surface area (Å²) in [6.07, 6.45) is 8.07. The summed E-state index contributed by atoms with van der Waals surface area (Å²) in [6.45, 7) is 9.79.